The van der Waals surface area contributed by atoms with E-state index in [9.17, 15) is 0 Å². The molecule has 0 saturated carbocycles. The highest BCUT2D eigenvalue weighted by Gasteiger charge is 1.97. The van der Waals surface area contributed by atoms with E-state index in [-0.39, 0.29) is 0 Å². The van der Waals surface area contributed by atoms with Crippen LogP contribution in [0.25, 0.3) is 0 Å². The molecule has 0 spiro atoms. The van der Waals surface area contributed by atoms with Crippen molar-refractivity contribution in [3.8, 4) is 0 Å². The summed E-state index contributed by atoms with van der Waals surface area (Å²) in [6, 6.07) is 10.9. The number of hydrogen-bond acceptors (Lipinski definition) is 0. The average molecular weight is 227 g/mol. The predicted octanol–water partition coefficient (Wildman–Crippen LogP) is 3.90. The predicted molar refractivity (Wildman–Crippen MR) is 73.1 cm³/mol. The Bertz CT molecular complexity index is 221. The Morgan fingerprint density at radius 1 is 1.07 bits per heavy atom. The van der Waals surface area contributed by atoms with Crippen molar-refractivity contribution in [2.24, 2.45) is 0 Å². The molecular weight excluding hydrogens is 206 g/mol. The Hall–Kier alpha value is 0.0800. The molecule has 0 amide bonds. The third-order valence-electron chi connectivity index (χ3n) is 2.24. The second kappa shape index (κ2) is 8.39. The zero-order valence-corrected chi connectivity index (χ0v) is 11.2. The first-order valence-corrected chi connectivity index (χ1v) is 9.19. The van der Waals surface area contributed by atoms with Crippen LogP contribution in [0.1, 0.15) is 32.6 Å². The first kappa shape index (κ1) is 12.2. The van der Waals surface area contributed by atoms with Gasteiger partial charge in [0.25, 0.3) is 0 Å². The second-order valence-electron chi connectivity index (χ2n) is 3.56. The van der Waals surface area contributed by atoms with E-state index >= 15 is 0 Å². The van der Waals surface area contributed by atoms with E-state index in [1.54, 1.807) is 5.30 Å². The van der Waals surface area contributed by atoms with Crippen molar-refractivity contribution in [2.75, 3.05) is 6.16 Å². The Morgan fingerprint density at radius 3 is 2.57 bits per heavy atom. The molecule has 1 aromatic carbocycles. The van der Waals surface area contributed by atoms with Crippen LogP contribution in [-0.4, -0.2) is 6.16 Å². The fraction of sp³-hybridized carbons (Fsp3) is 0.500. The van der Waals surface area contributed by atoms with Crippen LogP contribution in [0.3, 0.4) is 0 Å². The lowest BCUT2D eigenvalue weighted by atomic mass is 10.2. The average Bonchev–Trinajstić information content (AvgIpc) is 2.25. The summed E-state index contributed by atoms with van der Waals surface area (Å²) in [7, 11) is 1.78. The maximum Gasteiger partial charge on any atom is 0.0679 e. The Morgan fingerprint density at radius 2 is 1.86 bits per heavy atom. The van der Waals surface area contributed by atoms with Gasteiger partial charge in [-0.1, -0.05) is 50.1 Å². The van der Waals surface area contributed by atoms with Crippen molar-refractivity contribution in [3.63, 3.8) is 0 Å². The van der Waals surface area contributed by atoms with Gasteiger partial charge in [0.2, 0.25) is 0 Å². The van der Waals surface area contributed by atoms with E-state index in [2.05, 4.69) is 37.3 Å². The minimum Gasteiger partial charge on any atom is -0.0654 e. The normalized spacial score (nSPS) is 12.1. The fourth-order valence-electron chi connectivity index (χ4n) is 1.40. The van der Waals surface area contributed by atoms with E-state index < -0.39 is 0 Å². The number of hydrogen-bond donors (Lipinski definition) is 0. The first-order valence-electron chi connectivity index (χ1n) is 5.56. The SMILES string of the molecule is CCCCCC[PH2+]Pc1ccccc1. The molecule has 2 heteroatoms. The van der Waals surface area contributed by atoms with E-state index in [4.69, 9.17) is 0 Å². The summed E-state index contributed by atoms with van der Waals surface area (Å²) in [5, 5.41) is 1.55. The highest BCUT2D eigenvalue weighted by Crippen LogP contribution is 2.36. The summed E-state index contributed by atoms with van der Waals surface area (Å²) in [5.41, 5.74) is 0. The fourth-order valence-corrected chi connectivity index (χ4v) is 4.99. The lowest BCUT2D eigenvalue weighted by molar-refractivity contribution is 0.706. The van der Waals surface area contributed by atoms with Crippen molar-refractivity contribution >= 4 is 21.8 Å². The van der Waals surface area contributed by atoms with Crippen LogP contribution in [0.15, 0.2) is 30.3 Å². The summed E-state index contributed by atoms with van der Waals surface area (Å²) >= 11 is 0. The van der Waals surface area contributed by atoms with Crippen molar-refractivity contribution < 1.29 is 0 Å². The van der Waals surface area contributed by atoms with E-state index in [0.29, 0.717) is 8.27 Å². The van der Waals surface area contributed by atoms with Gasteiger partial charge in [-0.05, 0) is 12.8 Å². The van der Waals surface area contributed by atoms with Gasteiger partial charge >= 0.3 is 0 Å². The van der Waals surface area contributed by atoms with Gasteiger partial charge in [-0.15, -0.1) is 0 Å². The maximum atomic E-state index is 2.28. The Labute approximate surface area is 91.3 Å². The van der Waals surface area contributed by atoms with Gasteiger partial charge in [-0.3, -0.25) is 0 Å². The van der Waals surface area contributed by atoms with Crippen LogP contribution in [0.4, 0.5) is 0 Å². The molecule has 0 heterocycles. The molecule has 0 nitrogen and oxygen atoms in total. The molecule has 0 bridgehead atoms. The molecule has 0 aromatic heterocycles. The quantitative estimate of drug-likeness (QED) is 0.489. The monoisotopic (exact) mass is 227 g/mol. The van der Waals surface area contributed by atoms with Gasteiger partial charge in [0.15, 0.2) is 0 Å². The summed E-state index contributed by atoms with van der Waals surface area (Å²) in [6.45, 7) is 2.28. The summed E-state index contributed by atoms with van der Waals surface area (Å²) in [6.07, 6.45) is 7.18. The molecule has 1 rings (SSSR count). The molecule has 0 fully saturated rings. The van der Waals surface area contributed by atoms with Gasteiger partial charge in [-0.2, -0.15) is 0 Å². The third-order valence-corrected chi connectivity index (χ3v) is 6.29. The number of unbranched alkanes of at least 4 members (excludes halogenated alkanes) is 3. The molecular formula is C12H21P2+. The van der Waals surface area contributed by atoms with Crippen molar-refractivity contribution in [1.82, 2.24) is 0 Å². The Balaban J connectivity index is 1.99. The van der Waals surface area contributed by atoms with Gasteiger partial charge < -0.3 is 0 Å². The van der Waals surface area contributed by atoms with Crippen LogP contribution < -0.4 is 5.30 Å². The molecule has 0 aliphatic carbocycles. The lowest BCUT2D eigenvalue weighted by Gasteiger charge is -1.96. The van der Waals surface area contributed by atoms with Gasteiger partial charge in [0.1, 0.15) is 0 Å². The third kappa shape index (κ3) is 5.74. The molecule has 0 saturated heterocycles. The van der Waals surface area contributed by atoms with Crippen LogP contribution >= 0.6 is 16.5 Å². The zero-order valence-electron chi connectivity index (χ0n) is 9.00. The van der Waals surface area contributed by atoms with E-state index in [0.717, 1.165) is 8.27 Å². The second-order valence-corrected chi connectivity index (χ2v) is 7.51. The minimum atomic E-state index is 0.681. The summed E-state index contributed by atoms with van der Waals surface area (Å²) in [5.74, 6) is 0. The lowest BCUT2D eigenvalue weighted by Crippen LogP contribution is -1.88. The Kier molecular flexibility index (Phi) is 7.28. The number of rotatable bonds is 7. The van der Waals surface area contributed by atoms with Crippen LogP contribution in [0.5, 0.6) is 0 Å². The van der Waals surface area contributed by atoms with Crippen LogP contribution in [-0.2, 0) is 0 Å². The van der Waals surface area contributed by atoms with Crippen LogP contribution in [0, 0.1) is 0 Å². The molecule has 0 aliphatic heterocycles. The van der Waals surface area contributed by atoms with Crippen molar-refractivity contribution in [1.29, 1.82) is 0 Å². The summed E-state index contributed by atoms with van der Waals surface area (Å²) < 4.78 is 0. The van der Waals surface area contributed by atoms with Gasteiger partial charge in [0, 0.05) is 13.6 Å². The van der Waals surface area contributed by atoms with Gasteiger partial charge in [-0.25, -0.2) is 0 Å². The largest absolute Gasteiger partial charge is 0.0679 e. The highest BCUT2D eigenvalue weighted by atomic mass is 32.0. The van der Waals surface area contributed by atoms with Crippen LogP contribution in [0.2, 0.25) is 0 Å². The topological polar surface area (TPSA) is 0 Å². The summed E-state index contributed by atoms with van der Waals surface area (Å²) in [4.78, 5) is 0. The minimum absolute atomic E-state index is 0.681. The first-order chi connectivity index (χ1) is 6.93. The molecule has 0 N–H and O–H groups in total. The van der Waals surface area contributed by atoms with Gasteiger partial charge in [0.05, 0.1) is 14.4 Å². The molecule has 2 unspecified atom stereocenters. The molecule has 14 heavy (non-hydrogen) atoms. The smallest absolute Gasteiger partial charge is 0.0654 e. The highest BCUT2D eigenvalue weighted by molar-refractivity contribution is 8.15. The molecule has 1 aromatic rings. The molecule has 0 aliphatic rings. The van der Waals surface area contributed by atoms with E-state index in [1.165, 1.54) is 31.8 Å². The van der Waals surface area contributed by atoms with Crippen molar-refractivity contribution in [2.45, 2.75) is 32.6 Å². The van der Waals surface area contributed by atoms with E-state index in [1.807, 2.05) is 0 Å². The maximum absolute atomic E-state index is 2.28. The molecule has 0 radical (unpaired) electrons. The van der Waals surface area contributed by atoms with Crippen molar-refractivity contribution in [3.05, 3.63) is 30.3 Å². The zero-order chi connectivity index (χ0) is 10.1. The number of benzene rings is 1. The molecule has 2 atom stereocenters. The standard InChI is InChI=1S/C12H20P2/c1-2-3-4-8-11-13-14-12-9-6-5-7-10-12/h5-7,9-10,13-14H,2-4,8,11H2,1H3/p+1. The molecule has 78 valence electrons.